The van der Waals surface area contributed by atoms with Gasteiger partial charge in [-0.2, -0.15) is 5.10 Å². The van der Waals surface area contributed by atoms with Crippen molar-refractivity contribution in [1.82, 2.24) is 20.4 Å². The van der Waals surface area contributed by atoms with Crippen LogP contribution in [0.15, 0.2) is 6.20 Å². The van der Waals surface area contributed by atoms with Crippen LogP contribution in [0.4, 0.5) is 4.79 Å². The number of urea groups is 1. The quantitative estimate of drug-likeness (QED) is 0.751. The summed E-state index contributed by atoms with van der Waals surface area (Å²) in [7, 11) is 1.80. The molecule has 0 fully saturated rings. The second-order valence-corrected chi connectivity index (χ2v) is 3.55. The number of hydrogen-bond donors (Lipinski definition) is 2. The molecule has 0 unspecified atom stereocenters. The number of hydrogen-bond acceptors (Lipinski definition) is 3. The van der Waals surface area contributed by atoms with Crippen LogP contribution in [0.1, 0.15) is 11.3 Å². The van der Waals surface area contributed by atoms with Crippen molar-refractivity contribution < 1.29 is 9.59 Å². The topological polar surface area (TPSA) is 76.0 Å². The summed E-state index contributed by atoms with van der Waals surface area (Å²) in [5.41, 5.74) is 1.74. The molecule has 0 aliphatic carbocycles. The largest absolute Gasteiger partial charge is 0.334 e. The predicted octanol–water partition coefficient (Wildman–Crippen LogP) is 0.293. The Hall–Kier alpha value is -1.56. The monoisotopic (exact) mass is 244 g/mol. The van der Waals surface area contributed by atoms with E-state index in [1.54, 1.807) is 17.9 Å². The lowest BCUT2D eigenvalue weighted by atomic mass is 10.3. The molecule has 0 aliphatic heterocycles. The number of amides is 3. The summed E-state index contributed by atoms with van der Waals surface area (Å²) in [5, 5.41) is 8.74. The van der Waals surface area contributed by atoms with Crippen LogP contribution in [0.3, 0.4) is 0 Å². The molecule has 0 aromatic carbocycles. The van der Waals surface area contributed by atoms with Gasteiger partial charge in [0.1, 0.15) is 5.88 Å². The van der Waals surface area contributed by atoms with Crippen molar-refractivity contribution in [2.75, 3.05) is 5.88 Å². The first-order chi connectivity index (χ1) is 7.52. The summed E-state index contributed by atoms with van der Waals surface area (Å²) in [6.45, 7) is 2.17. The third-order valence-electron chi connectivity index (χ3n) is 1.93. The minimum Gasteiger partial charge on any atom is -0.334 e. The van der Waals surface area contributed by atoms with Crippen LogP contribution in [0.5, 0.6) is 0 Å². The Morgan fingerprint density at radius 2 is 2.25 bits per heavy atom. The van der Waals surface area contributed by atoms with Crippen molar-refractivity contribution in [3.63, 3.8) is 0 Å². The van der Waals surface area contributed by atoms with Crippen LogP contribution in [-0.2, 0) is 18.4 Å². The average molecular weight is 245 g/mol. The van der Waals surface area contributed by atoms with Gasteiger partial charge in [0.05, 0.1) is 5.69 Å². The maximum atomic E-state index is 11.2. The van der Waals surface area contributed by atoms with Gasteiger partial charge in [-0.05, 0) is 6.92 Å². The molecule has 2 N–H and O–H groups in total. The molecule has 0 radical (unpaired) electrons. The number of alkyl halides is 1. The first kappa shape index (κ1) is 12.5. The number of carbonyl (C=O) groups excluding carboxylic acids is 2. The van der Waals surface area contributed by atoms with Crippen LogP contribution in [-0.4, -0.2) is 27.6 Å². The fraction of sp³-hybridized carbons (Fsp3) is 0.444. The van der Waals surface area contributed by atoms with Crippen LogP contribution in [0, 0.1) is 6.92 Å². The van der Waals surface area contributed by atoms with Crippen molar-refractivity contribution >= 4 is 23.5 Å². The van der Waals surface area contributed by atoms with Crippen LogP contribution >= 0.6 is 11.6 Å². The molecule has 88 valence electrons. The summed E-state index contributed by atoms with van der Waals surface area (Å²) < 4.78 is 1.66. The van der Waals surface area contributed by atoms with Crippen LogP contribution in [0.2, 0.25) is 0 Å². The fourth-order valence-corrected chi connectivity index (χ4v) is 1.27. The minimum absolute atomic E-state index is 0.237. The molecule has 0 bridgehead atoms. The molecule has 0 saturated carbocycles. The number of halogens is 1. The Labute approximate surface area is 98.0 Å². The normalized spacial score (nSPS) is 9.94. The van der Waals surface area contributed by atoms with Crippen LogP contribution < -0.4 is 10.6 Å². The number of imide groups is 1. The zero-order chi connectivity index (χ0) is 12.1. The van der Waals surface area contributed by atoms with Gasteiger partial charge in [0.15, 0.2) is 0 Å². The number of nitrogens with zero attached hydrogens (tertiary/aromatic N) is 2. The molecule has 3 amide bonds. The smallest absolute Gasteiger partial charge is 0.321 e. The summed E-state index contributed by atoms with van der Waals surface area (Å²) in [6, 6.07) is -0.561. The number of aryl methyl sites for hydroxylation is 2. The third-order valence-corrected chi connectivity index (χ3v) is 2.17. The highest BCUT2D eigenvalue weighted by Gasteiger charge is 2.07. The van der Waals surface area contributed by atoms with E-state index in [4.69, 9.17) is 11.6 Å². The molecule has 6 nitrogen and oxygen atoms in total. The van der Waals surface area contributed by atoms with Gasteiger partial charge >= 0.3 is 6.03 Å². The molecule has 0 spiro atoms. The first-order valence-corrected chi connectivity index (χ1v) is 5.19. The highest BCUT2D eigenvalue weighted by Crippen LogP contribution is 2.03. The second-order valence-electron chi connectivity index (χ2n) is 3.28. The highest BCUT2D eigenvalue weighted by atomic mass is 35.5. The second kappa shape index (κ2) is 5.50. The predicted molar refractivity (Wildman–Crippen MR) is 59.0 cm³/mol. The molecular weight excluding hydrogens is 232 g/mol. The van der Waals surface area contributed by atoms with E-state index in [0.29, 0.717) is 6.54 Å². The van der Waals surface area contributed by atoms with E-state index in [-0.39, 0.29) is 5.88 Å². The lowest BCUT2D eigenvalue weighted by Crippen LogP contribution is -2.39. The highest BCUT2D eigenvalue weighted by molar-refractivity contribution is 6.28. The standard InChI is InChI=1S/C9H13ClN4O2/c1-6-7(5-14(2)13-6)4-11-9(16)12-8(15)3-10/h5H,3-4H2,1-2H3,(H2,11,12,15,16). The van der Waals surface area contributed by atoms with E-state index in [1.165, 1.54) is 0 Å². The lowest BCUT2D eigenvalue weighted by Gasteiger charge is -2.04. The molecule has 1 rings (SSSR count). The van der Waals surface area contributed by atoms with Crippen molar-refractivity contribution in [1.29, 1.82) is 0 Å². The molecule has 1 heterocycles. The van der Waals surface area contributed by atoms with Gasteiger partial charge in [0.2, 0.25) is 5.91 Å². The van der Waals surface area contributed by atoms with Gasteiger partial charge in [-0.1, -0.05) is 0 Å². The summed E-state index contributed by atoms with van der Waals surface area (Å²) >= 11 is 5.24. The molecule has 0 atom stereocenters. The van der Waals surface area contributed by atoms with E-state index in [1.807, 2.05) is 6.92 Å². The van der Waals surface area contributed by atoms with E-state index in [9.17, 15) is 9.59 Å². The van der Waals surface area contributed by atoms with Gasteiger partial charge in [-0.25, -0.2) is 4.79 Å². The SMILES string of the molecule is Cc1nn(C)cc1CNC(=O)NC(=O)CCl. The van der Waals surface area contributed by atoms with Crippen LogP contribution in [0.25, 0.3) is 0 Å². The van der Waals surface area contributed by atoms with Crippen molar-refractivity contribution in [3.05, 3.63) is 17.5 Å². The Balaban J connectivity index is 2.43. The summed E-state index contributed by atoms with van der Waals surface area (Å²) in [4.78, 5) is 22.0. The van der Waals surface area contributed by atoms with Gasteiger partial charge in [-0.3, -0.25) is 14.8 Å². The van der Waals surface area contributed by atoms with E-state index in [0.717, 1.165) is 11.3 Å². The maximum absolute atomic E-state index is 11.2. The zero-order valence-electron chi connectivity index (χ0n) is 9.08. The van der Waals surface area contributed by atoms with Gasteiger partial charge in [0, 0.05) is 25.4 Å². The first-order valence-electron chi connectivity index (χ1n) is 4.65. The molecule has 0 aliphatic rings. The summed E-state index contributed by atoms with van der Waals surface area (Å²) in [6.07, 6.45) is 1.80. The van der Waals surface area contributed by atoms with E-state index < -0.39 is 11.9 Å². The summed E-state index contributed by atoms with van der Waals surface area (Å²) in [5.74, 6) is -0.763. The number of rotatable bonds is 3. The maximum Gasteiger partial charge on any atom is 0.321 e. The van der Waals surface area contributed by atoms with Crippen molar-refractivity contribution in [2.45, 2.75) is 13.5 Å². The number of aromatic nitrogens is 2. The number of carbonyl (C=O) groups is 2. The zero-order valence-corrected chi connectivity index (χ0v) is 9.84. The molecule has 1 aromatic heterocycles. The molecule has 7 heteroatoms. The van der Waals surface area contributed by atoms with Crippen molar-refractivity contribution in [2.24, 2.45) is 7.05 Å². The van der Waals surface area contributed by atoms with Crippen molar-refractivity contribution in [3.8, 4) is 0 Å². The third kappa shape index (κ3) is 3.54. The van der Waals surface area contributed by atoms with E-state index >= 15 is 0 Å². The molecule has 1 aromatic rings. The average Bonchev–Trinajstić information content (AvgIpc) is 2.54. The molecule has 0 saturated heterocycles. The lowest BCUT2D eigenvalue weighted by molar-refractivity contribution is -0.117. The number of nitrogens with one attached hydrogen (secondary N) is 2. The van der Waals surface area contributed by atoms with Gasteiger partial charge in [-0.15, -0.1) is 11.6 Å². The Morgan fingerprint density at radius 3 is 2.75 bits per heavy atom. The Morgan fingerprint density at radius 1 is 1.56 bits per heavy atom. The van der Waals surface area contributed by atoms with Gasteiger partial charge < -0.3 is 5.32 Å². The van der Waals surface area contributed by atoms with Gasteiger partial charge in [0.25, 0.3) is 0 Å². The molecule has 16 heavy (non-hydrogen) atoms. The van der Waals surface area contributed by atoms with E-state index in [2.05, 4.69) is 15.7 Å². The Bertz CT molecular complexity index is 402. The molecular formula is C9H13ClN4O2. The minimum atomic E-state index is -0.561. The fourth-order valence-electron chi connectivity index (χ4n) is 1.20. The Kier molecular flexibility index (Phi) is 4.30.